The number of aromatic nitrogens is 4. The van der Waals surface area contributed by atoms with Gasteiger partial charge < -0.3 is 0 Å². The van der Waals surface area contributed by atoms with Crippen molar-refractivity contribution in [3.8, 4) is 0 Å². The summed E-state index contributed by atoms with van der Waals surface area (Å²) in [6.45, 7) is 2.17. The molecule has 2 aromatic heterocycles. The van der Waals surface area contributed by atoms with Crippen molar-refractivity contribution in [2.24, 2.45) is 0 Å². The average Bonchev–Trinajstić information content (AvgIpc) is 3.04. The summed E-state index contributed by atoms with van der Waals surface area (Å²) in [6, 6.07) is 1.83. The Kier molecular flexibility index (Phi) is 4.28. The Balaban J connectivity index is 1.56. The molecule has 7 heteroatoms. The van der Waals surface area contributed by atoms with Crippen molar-refractivity contribution in [1.82, 2.24) is 20.4 Å². The van der Waals surface area contributed by atoms with Gasteiger partial charge in [0.25, 0.3) is 5.91 Å². The normalized spacial score (nSPS) is 14.3. The van der Waals surface area contributed by atoms with Gasteiger partial charge in [0.15, 0.2) is 5.69 Å². The van der Waals surface area contributed by atoms with Gasteiger partial charge in [0, 0.05) is 18.0 Å². The topological polar surface area (TPSA) is 83.6 Å². The lowest BCUT2D eigenvalue weighted by atomic mass is 10.2. The van der Waals surface area contributed by atoms with Crippen molar-refractivity contribution in [2.75, 3.05) is 5.32 Å². The fraction of sp³-hybridized carbons (Fsp3) is 0.571. The minimum Gasteiger partial charge on any atom is -0.295 e. The molecule has 0 aliphatic heterocycles. The van der Waals surface area contributed by atoms with E-state index in [1.54, 1.807) is 0 Å². The summed E-state index contributed by atoms with van der Waals surface area (Å²) in [4.78, 5) is 12.1. The lowest BCUT2D eigenvalue weighted by Crippen LogP contribution is -2.12. The van der Waals surface area contributed by atoms with E-state index in [-0.39, 0.29) is 5.91 Å². The van der Waals surface area contributed by atoms with E-state index >= 15 is 0 Å². The molecule has 1 amide bonds. The number of rotatable bonds is 7. The molecular weight excluding hydrogens is 286 g/mol. The second-order valence-corrected chi connectivity index (χ2v) is 6.46. The minimum absolute atomic E-state index is 0.227. The van der Waals surface area contributed by atoms with Crippen molar-refractivity contribution in [1.29, 1.82) is 0 Å². The number of carbonyl (C=O) groups is 1. The van der Waals surface area contributed by atoms with E-state index in [0.717, 1.165) is 23.5 Å². The SMILES string of the molecule is CCCCCc1nnc(NC(=O)c2cc(C3CC3)[nH]n2)s1. The highest BCUT2D eigenvalue weighted by Gasteiger charge is 2.26. The Morgan fingerprint density at radius 3 is 3.05 bits per heavy atom. The van der Waals surface area contributed by atoms with E-state index in [1.165, 1.54) is 37.0 Å². The van der Waals surface area contributed by atoms with Gasteiger partial charge in [0.1, 0.15) is 5.01 Å². The number of H-pyrrole nitrogens is 1. The monoisotopic (exact) mass is 305 g/mol. The summed E-state index contributed by atoms with van der Waals surface area (Å²) >= 11 is 1.44. The van der Waals surface area contributed by atoms with E-state index in [1.807, 2.05) is 6.07 Å². The number of amides is 1. The molecule has 6 nitrogen and oxygen atoms in total. The van der Waals surface area contributed by atoms with Crippen LogP contribution < -0.4 is 5.32 Å². The first kappa shape index (κ1) is 14.2. The Hall–Kier alpha value is -1.76. The fourth-order valence-electron chi connectivity index (χ4n) is 2.15. The molecule has 2 aromatic rings. The van der Waals surface area contributed by atoms with E-state index in [2.05, 4.69) is 32.6 Å². The number of hydrogen-bond donors (Lipinski definition) is 2. The molecule has 21 heavy (non-hydrogen) atoms. The van der Waals surface area contributed by atoms with Crippen LogP contribution in [0.4, 0.5) is 5.13 Å². The molecule has 2 heterocycles. The van der Waals surface area contributed by atoms with Gasteiger partial charge in [-0.25, -0.2) is 0 Å². The van der Waals surface area contributed by atoms with Crippen LogP contribution in [0.1, 0.15) is 66.1 Å². The number of aryl methyl sites for hydroxylation is 1. The van der Waals surface area contributed by atoms with E-state index < -0.39 is 0 Å². The Morgan fingerprint density at radius 1 is 1.43 bits per heavy atom. The molecule has 2 N–H and O–H groups in total. The minimum atomic E-state index is -0.227. The number of hydrogen-bond acceptors (Lipinski definition) is 5. The lowest BCUT2D eigenvalue weighted by Gasteiger charge is -1.96. The van der Waals surface area contributed by atoms with Gasteiger partial charge in [-0.2, -0.15) is 5.10 Å². The fourth-order valence-corrected chi connectivity index (χ4v) is 2.93. The Morgan fingerprint density at radius 2 is 2.29 bits per heavy atom. The third-order valence-electron chi connectivity index (χ3n) is 3.53. The van der Waals surface area contributed by atoms with Gasteiger partial charge >= 0.3 is 0 Å². The summed E-state index contributed by atoms with van der Waals surface area (Å²) in [6.07, 6.45) is 6.78. The maximum Gasteiger partial charge on any atom is 0.277 e. The highest BCUT2D eigenvalue weighted by molar-refractivity contribution is 7.15. The van der Waals surface area contributed by atoms with Gasteiger partial charge in [-0.15, -0.1) is 10.2 Å². The van der Waals surface area contributed by atoms with Gasteiger partial charge in [-0.3, -0.25) is 15.2 Å². The summed E-state index contributed by atoms with van der Waals surface area (Å²) in [7, 11) is 0. The number of nitrogens with zero attached hydrogens (tertiary/aromatic N) is 3. The van der Waals surface area contributed by atoms with Crippen LogP contribution in [0.5, 0.6) is 0 Å². The number of carbonyl (C=O) groups excluding carboxylic acids is 1. The molecular formula is C14H19N5OS. The molecule has 1 fully saturated rings. The molecule has 0 atom stereocenters. The van der Waals surface area contributed by atoms with Crippen LogP contribution in [0.25, 0.3) is 0 Å². The number of anilines is 1. The van der Waals surface area contributed by atoms with Crippen molar-refractivity contribution >= 4 is 22.4 Å². The predicted octanol–water partition coefficient (Wildman–Crippen LogP) is 3.12. The lowest BCUT2D eigenvalue weighted by molar-refractivity contribution is 0.102. The third kappa shape index (κ3) is 3.66. The molecule has 0 spiro atoms. The molecule has 1 saturated carbocycles. The number of unbranched alkanes of at least 4 members (excludes halogenated alkanes) is 2. The van der Waals surface area contributed by atoms with E-state index in [9.17, 15) is 4.79 Å². The highest BCUT2D eigenvalue weighted by Crippen LogP contribution is 2.39. The first-order valence-electron chi connectivity index (χ1n) is 7.45. The van der Waals surface area contributed by atoms with Crippen molar-refractivity contribution in [2.45, 2.75) is 51.4 Å². The van der Waals surface area contributed by atoms with Crippen molar-refractivity contribution < 1.29 is 4.79 Å². The van der Waals surface area contributed by atoms with Crippen LogP contribution in [0.2, 0.25) is 0 Å². The first-order valence-corrected chi connectivity index (χ1v) is 8.27. The standard InChI is InChI=1S/C14H19N5OS/c1-2-3-4-5-12-18-19-14(21-12)15-13(20)11-8-10(16-17-11)9-6-7-9/h8-9H,2-7H2,1H3,(H,16,17)(H,15,19,20). The highest BCUT2D eigenvalue weighted by atomic mass is 32.1. The Bertz CT molecular complexity index is 616. The second-order valence-electron chi connectivity index (χ2n) is 5.39. The van der Waals surface area contributed by atoms with Gasteiger partial charge in [0.05, 0.1) is 0 Å². The molecule has 0 saturated heterocycles. The van der Waals surface area contributed by atoms with Crippen LogP contribution in [0.15, 0.2) is 6.07 Å². The Labute approximate surface area is 127 Å². The van der Waals surface area contributed by atoms with Crippen LogP contribution in [0.3, 0.4) is 0 Å². The third-order valence-corrected chi connectivity index (χ3v) is 4.43. The van der Waals surface area contributed by atoms with Crippen LogP contribution in [-0.4, -0.2) is 26.3 Å². The molecule has 0 bridgehead atoms. The van der Waals surface area contributed by atoms with Crippen LogP contribution in [-0.2, 0) is 6.42 Å². The zero-order chi connectivity index (χ0) is 14.7. The molecule has 0 radical (unpaired) electrons. The zero-order valence-corrected chi connectivity index (χ0v) is 12.9. The average molecular weight is 305 g/mol. The van der Waals surface area contributed by atoms with Crippen LogP contribution in [0, 0.1) is 0 Å². The number of nitrogens with one attached hydrogen (secondary N) is 2. The number of aromatic amines is 1. The van der Waals surface area contributed by atoms with Crippen LogP contribution >= 0.6 is 11.3 Å². The summed E-state index contributed by atoms with van der Waals surface area (Å²) in [5.41, 5.74) is 1.47. The molecule has 112 valence electrons. The summed E-state index contributed by atoms with van der Waals surface area (Å²) < 4.78 is 0. The van der Waals surface area contributed by atoms with Crippen molar-refractivity contribution in [3.63, 3.8) is 0 Å². The smallest absolute Gasteiger partial charge is 0.277 e. The van der Waals surface area contributed by atoms with Crippen molar-refractivity contribution in [3.05, 3.63) is 22.5 Å². The quantitative estimate of drug-likeness (QED) is 0.770. The largest absolute Gasteiger partial charge is 0.295 e. The summed E-state index contributed by atoms with van der Waals surface area (Å²) in [5.74, 6) is 0.333. The van der Waals surface area contributed by atoms with Gasteiger partial charge in [0.2, 0.25) is 5.13 Å². The van der Waals surface area contributed by atoms with E-state index in [0.29, 0.717) is 16.7 Å². The van der Waals surface area contributed by atoms with Gasteiger partial charge in [-0.05, 0) is 25.3 Å². The van der Waals surface area contributed by atoms with E-state index in [4.69, 9.17) is 0 Å². The maximum atomic E-state index is 12.1. The summed E-state index contributed by atoms with van der Waals surface area (Å²) in [5, 5.41) is 19.4. The molecule has 3 rings (SSSR count). The molecule has 1 aliphatic carbocycles. The zero-order valence-electron chi connectivity index (χ0n) is 12.1. The first-order chi connectivity index (χ1) is 10.3. The van der Waals surface area contributed by atoms with Gasteiger partial charge in [-0.1, -0.05) is 31.1 Å². The molecule has 0 unspecified atom stereocenters. The molecule has 0 aromatic carbocycles. The predicted molar refractivity (Wildman–Crippen MR) is 81.7 cm³/mol. The maximum absolute atomic E-state index is 12.1. The second kappa shape index (κ2) is 6.34. The molecule has 1 aliphatic rings.